The molecule has 1 fully saturated rings. The van der Waals surface area contributed by atoms with E-state index in [4.69, 9.17) is 10.3 Å². The van der Waals surface area contributed by atoms with Crippen molar-refractivity contribution >= 4 is 11.9 Å². The summed E-state index contributed by atoms with van der Waals surface area (Å²) in [6.07, 6.45) is 2.94. The van der Waals surface area contributed by atoms with Crippen molar-refractivity contribution in [2.24, 2.45) is 16.6 Å². The van der Waals surface area contributed by atoms with E-state index in [-0.39, 0.29) is 11.8 Å². The fraction of sp³-hybridized carbons (Fsp3) is 0.722. The molecule has 0 aromatic carbocycles. The highest BCUT2D eigenvalue weighted by molar-refractivity contribution is 5.79. The number of carbonyl (C=O) groups is 1. The summed E-state index contributed by atoms with van der Waals surface area (Å²) in [4.78, 5) is 17.9. The average molecular weight is 364 g/mol. The number of rotatable bonds is 8. The first-order valence-electron chi connectivity index (χ1n) is 9.41. The zero-order valence-electron chi connectivity index (χ0n) is 16.1. The predicted octanol–water partition coefficient (Wildman–Crippen LogP) is 1.05. The van der Waals surface area contributed by atoms with Gasteiger partial charge in [-0.25, -0.2) is 0 Å². The van der Waals surface area contributed by atoms with Gasteiger partial charge in [-0.1, -0.05) is 19.0 Å². The number of carbonyl (C=O) groups excluding carboxylic acids is 1. The second kappa shape index (κ2) is 10.2. The minimum absolute atomic E-state index is 0.00350. The Bertz CT molecular complexity index is 598. The van der Waals surface area contributed by atoms with Crippen LogP contribution in [0, 0.1) is 5.92 Å². The summed E-state index contributed by atoms with van der Waals surface area (Å²) >= 11 is 0. The number of nitrogens with one attached hydrogen (secondary N) is 2. The minimum Gasteiger partial charge on any atom is -0.369 e. The Morgan fingerprint density at radius 2 is 2.31 bits per heavy atom. The second-order valence-electron chi connectivity index (χ2n) is 7.12. The molecule has 0 spiro atoms. The Hall–Kier alpha value is -2.09. The Balaban J connectivity index is 1.64. The third-order valence-corrected chi connectivity index (χ3v) is 4.67. The van der Waals surface area contributed by atoms with E-state index < -0.39 is 0 Å². The third-order valence-electron chi connectivity index (χ3n) is 4.67. The zero-order chi connectivity index (χ0) is 18.9. The molecule has 1 amide bonds. The van der Waals surface area contributed by atoms with Crippen molar-refractivity contribution in [1.82, 2.24) is 20.7 Å². The van der Waals surface area contributed by atoms with Gasteiger partial charge in [0.15, 0.2) is 11.7 Å². The van der Waals surface area contributed by atoms with Gasteiger partial charge in [0.2, 0.25) is 5.91 Å². The van der Waals surface area contributed by atoms with Crippen LogP contribution in [0.2, 0.25) is 0 Å². The Kier molecular flexibility index (Phi) is 7.90. The Morgan fingerprint density at radius 3 is 2.96 bits per heavy atom. The summed E-state index contributed by atoms with van der Waals surface area (Å²) in [5, 5.41) is 10.6. The van der Waals surface area contributed by atoms with Crippen molar-refractivity contribution in [3.63, 3.8) is 0 Å². The maximum absolute atomic E-state index is 11.3. The molecule has 1 aromatic rings. The lowest BCUT2D eigenvalue weighted by Crippen LogP contribution is -2.42. The van der Waals surface area contributed by atoms with Gasteiger partial charge in [-0.15, -0.1) is 0 Å². The van der Waals surface area contributed by atoms with Crippen LogP contribution in [-0.2, 0) is 11.3 Å². The topological polar surface area (TPSA) is 109 Å². The monoisotopic (exact) mass is 364 g/mol. The summed E-state index contributed by atoms with van der Waals surface area (Å²) in [5.74, 6) is 1.71. The van der Waals surface area contributed by atoms with Crippen molar-refractivity contribution in [3.8, 4) is 0 Å². The van der Waals surface area contributed by atoms with Gasteiger partial charge in [-0.05, 0) is 38.3 Å². The van der Waals surface area contributed by atoms with Gasteiger partial charge in [0, 0.05) is 26.2 Å². The molecule has 8 nitrogen and oxygen atoms in total. The number of guanidine groups is 1. The van der Waals surface area contributed by atoms with Crippen LogP contribution < -0.4 is 16.4 Å². The van der Waals surface area contributed by atoms with E-state index in [0.717, 1.165) is 62.9 Å². The van der Waals surface area contributed by atoms with Crippen molar-refractivity contribution in [2.45, 2.75) is 45.6 Å². The molecule has 26 heavy (non-hydrogen) atoms. The summed E-state index contributed by atoms with van der Waals surface area (Å²) < 4.78 is 5.32. The maximum Gasteiger partial charge on any atom is 0.221 e. The molecule has 146 valence electrons. The summed E-state index contributed by atoms with van der Waals surface area (Å²) in [6.45, 7) is 8.31. The summed E-state index contributed by atoms with van der Waals surface area (Å²) in [5.41, 5.74) is 6.39. The number of hydrogen-bond acceptors (Lipinski definition) is 5. The highest BCUT2D eigenvalue weighted by atomic mass is 16.5. The van der Waals surface area contributed by atoms with Gasteiger partial charge in [0.05, 0.1) is 18.2 Å². The van der Waals surface area contributed by atoms with E-state index in [1.807, 2.05) is 6.07 Å². The number of nitrogens with zero attached hydrogens (tertiary/aromatic N) is 3. The summed E-state index contributed by atoms with van der Waals surface area (Å²) in [6, 6.07) is 1.97. The fourth-order valence-electron chi connectivity index (χ4n) is 3.08. The SMILES string of the molecule is CN=C(NCCCN1CCCC(C(N)=O)C1)NCc1cc(C(C)C)no1. The molecule has 1 aliphatic heterocycles. The highest BCUT2D eigenvalue weighted by Gasteiger charge is 2.23. The zero-order valence-corrected chi connectivity index (χ0v) is 16.1. The summed E-state index contributed by atoms with van der Waals surface area (Å²) in [7, 11) is 1.75. The molecule has 1 aromatic heterocycles. The van der Waals surface area contributed by atoms with Crippen LogP contribution in [0.25, 0.3) is 0 Å². The van der Waals surface area contributed by atoms with Gasteiger partial charge in [-0.2, -0.15) is 0 Å². The molecule has 8 heteroatoms. The number of aromatic nitrogens is 1. The van der Waals surface area contributed by atoms with E-state index in [9.17, 15) is 4.79 Å². The third kappa shape index (κ3) is 6.33. The maximum atomic E-state index is 11.3. The van der Waals surface area contributed by atoms with E-state index in [1.54, 1.807) is 7.05 Å². The van der Waals surface area contributed by atoms with E-state index in [1.165, 1.54) is 0 Å². The first kappa shape index (κ1) is 20.2. The number of aliphatic imine (C=N–C) groups is 1. The number of piperidine rings is 1. The fourth-order valence-corrected chi connectivity index (χ4v) is 3.08. The Morgan fingerprint density at radius 1 is 1.50 bits per heavy atom. The van der Waals surface area contributed by atoms with Crippen molar-refractivity contribution in [3.05, 3.63) is 17.5 Å². The van der Waals surface area contributed by atoms with Crippen LogP contribution in [0.5, 0.6) is 0 Å². The number of primary amides is 1. The lowest BCUT2D eigenvalue weighted by molar-refractivity contribution is -0.123. The van der Waals surface area contributed by atoms with Gasteiger partial charge >= 0.3 is 0 Å². The van der Waals surface area contributed by atoms with Crippen molar-refractivity contribution < 1.29 is 9.32 Å². The van der Waals surface area contributed by atoms with Crippen LogP contribution in [-0.4, -0.2) is 55.2 Å². The highest BCUT2D eigenvalue weighted by Crippen LogP contribution is 2.16. The predicted molar refractivity (Wildman–Crippen MR) is 102 cm³/mol. The van der Waals surface area contributed by atoms with Crippen LogP contribution in [0.15, 0.2) is 15.6 Å². The molecule has 1 atom stereocenters. The van der Waals surface area contributed by atoms with Crippen LogP contribution >= 0.6 is 0 Å². The quantitative estimate of drug-likeness (QED) is 0.361. The molecule has 1 aliphatic rings. The molecular formula is C18H32N6O2. The van der Waals surface area contributed by atoms with Crippen molar-refractivity contribution in [1.29, 1.82) is 0 Å². The molecule has 0 aliphatic carbocycles. The standard InChI is InChI=1S/C18H32N6O2/c1-13(2)16-10-15(26-23-16)11-22-18(20-3)21-7-5-9-24-8-4-6-14(12-24)17(19)25/h10,13-14H,4-9,11-12H2,1-3H3,(H2,19,25)(H2,20,21,22). The largest absolute Gasteiger partial charge is 0.369 e. The number of nitrogens with two attached hydrogens (primary N) is 1. The van der Waals surface area contributed by atoms with Crippen molar-refractivity contribution in [2.75, 3.05) is 33.2 Å². The van der Waals surface area contributed by atoms with Gasteiger partial charge in [0.25, 0.3) is 0 Å². The lowest BCUT2D eigenvalue weighted by atomic mass is 9.97. The smallest absolute Gasteiger partial charge is 0.221 e. The molecule has 2 rings (SSSR count). The second-order valence-corrected chi connectivity index (χ2v) is 7.12. The first-order valence-corrected chi connectivity index (χ1v) is 9.41. The molecule has 4 N–H and O–H groups in total. The first-order chi connectivity index (χ1) is 12.5. The molecular weight excluding hydrogens is 332 g/mol. The van der Waals surface area contributed by atoms with Gasteiger partial charge < -0.3 is 25.8 Å². The molecule has 0 saturated carbocycles. The van der Waals surface area contributed by atoms with Crippen LogP contribution in [0.1, 0.15) is 50.5 Å². The molecule has 0 radical (unpaired) electrons. The molecule has 1 saturated heterocycles. The molecule has 1 unspecified atom stereocenters. The number of likely N-dealkylation sites (tertiary alicyclic amines) is 1. The lowest BCUT2D eigenvalue weighted by Gasteiger charge is -2.31. The Labute approximate surface area is 155 Å². The molecule has 0 bridgehead atoms. The van der Waals surface area contributed by atoms with Gasteiger partial charge in [-0.3, -0.25) is 9.79 Å². The van der Waals surface area contributed by atoms with Crippen LogP contribution in [0.4, 0.5) is 0 Å². The van der Waals surface area contributed by atoms with E-state index in [2.05, 4.69) is 39.5 Å². The normalized spacial score (nSPS) is 18.9. The minimum atomic E-state index is -0.175. The van der Waals surface area contributed by atoms with Crippen LogP contribution in [0.3, 0.4) is 0 Å². The van der Waals surface area contributed by atoms with E-state index in [0.29, 0.717) is 12.5 Å². The van der Waals surface area contributed by atoms with E-state index >= 15 is 0 Å². The average Bonchev–Trinajstić information content (AvgIpc) is 3.10. The molecule has 2 heterocycles. The van der Waals surface area contributed by atoms with Gasteiger partial charge in [0.1, 0.15) is 0 Å². The number of amides is 1. The number of hydrogen-bond donors (Lipinski definition) is 3.